The van der Waals surface area contributed by atoms with Crippen molar-refractivity contribution in [1.82, 2.24) is 15.5 Å². The fourth-order valence-electron chi connectivity index (χ4n) is 4.24. The van der Waals surface area contributed by atoms with Gasteiger partial charge in [0, 0.05) is 35.8 Å². The van der Waals surface area contributed by atoms with Gasteiger partial charge >= 0.3 is 0 Å². The minimum Gasteiger partial charge on any atom is -0.507 e. The van der Waals surface area contributed by atoms with Gasteiger partial charge in [-0.15, -0.1) is 10.2 Å². The molecule has 27 heavy (non-hydrogen) atoms. The average molecular weight is 370 g/mol. The maximum atomic E-state index is 10.2. The normalized spacial score (nSPS) is 18.9. The summed E-state index contributed by atoms with van der Waals surface area (Å²) in [5.74, 6) is 1.58. The lowest BCUT2D eigenvalue weighted by atomic mass is 9.79. The number of nitrogens with zero attached hydrogens (tertiary/aromatic N) is 3. The number of hydrogen-bond donors (Lipinski definition) is 2. The van der Waals surface area contributed by atoms with Crippen molar-refractivity contribution in [1.29, 1.82) is 0 Å². The molecule has 1 aliphatic rings. The fourth-order valence-corrected chi connectivity index (χ4v) is 4.24. The van der Waals surface area contributed by atoms with Crippen LogP contribution in [0.15, 0.2) is 30.3 Å². The molecule has 1 saturated heterocycles. The molecule has 6 heteroatoms. The maximum Gasteiger partial charge on any atom is 0.151 e. The van der Waals surface area contributed by atoms with E-state index in [1.54, 1.807) is 25.3 Å². The third kappa shape index (κ3) is 4.33. The molecule has 1 aromatic carbocycles. The van der Waals surface area contributed by atoms with Crippen LogP contribution in [0.1, 0.15) is 40.5 Å². The number of phenols is 1. The van der Waals surface area contributed by atoms with Gasteiger partial charge in [0.15, 0.2) is 5.82 Å². The molecule has 146 valence electrons. The van der Waals surface area contributed by atoms with Crippen LogP contribution in [-0.4, -0.2) is 46.6 Å². The molecule has 0 saturated carbocycles. The van der Waals surface area contributed by atoms with Crippen LogP contribution in [0.25, 0.3) is 11.3 Å². The number of nitrogens with one attached hydrogen (secondary N) is 1. The van der Waals surface area contributed by atoms with E-state index in [1.807, 2.05) is 12.1 Å². The Labute approximate surface area is 161 Å². The van der Waals surface area contributed by atoms with Crippen LogP contribution >= 0.6 is 0 Å². The molecule has 1 fully saturated rings. The zero-order valence-electron chi connectivity index (χ0n) is 17.1. The number of methoxy groups -OCH3 is 1. The van der Waals surface area contributed by atoms with Crippen LogP contribution in [0.2, 0.25) is 0 Å². The van der Waals surface area contributed by atoms with Crippen molar-refractivity contribution in [3.8, 4) is 22.8 Å². The van der Waals surface area contributed by atoms with Gasteiger partial charge in [-0.05, 0) is 64.8 Å². The molecule has 0 amide bonds. The SMILES string of the molecule is COc1ccc(-c2ccc(N(C)C3CC(C)(C)NC(C)(C)C3)nn2)c(O)c1. The lowest BCUT2D eigenvalue weighted by molar-refractivity contribution is 0.160. The summed E-state index contributed by atoms with van der Waals surface area (Å²) in [6.07, 6.45) is 2.07. The molecule has 2 N–H and O–H groups in total. The summed E-state index contributed by atoms with van der Waals surface area (Å²) in [5, 5.41) is 22.7. The molecule has 3 rings (SSSR count). The number of rotatable bonds is 4. The molecular formula is C21H30N4O2. The monoisotopic (exact) mass is 370 g/mol. The van der Waals surface area contributed by atoms with Crippen LogP contribution in [-0.2, 0) is 0 Å². The van der Waals surface area contributed by atoms with E-state index < -0.39 is 0 Å². The van der Waals surface area contributed by atoms with E-state index >= 15 is 0 Å². The number of hydrogen-bond acceptors (Lipinski definition) is 6. The van der Waals surface area contributed by atoms with Crippen molar-refractivity contribution in [3.63, 3.8) is 0 Å². The van der Waals surface area contributed by atoms with Crippen molar-refractivity contribution in [3.05, 3.63) is 30.3 Å². The topological polar surface area (TPSA) is 70.5 Å². The summed E-state index contributed by atoms with van der Waals surface area (Å²) in [7, 11) is 3.65. The third-order valence-corrected chi connectivity index (χ3v) is 5.21. The Bertz CT molecular complexity index is 786. The Morgan fingerprint density at radius 1 is 1.07 bits per heavy atom. The minimum atomic E-state index is 0.0724. The number of aromatic nitrogens is 2. The lowest BCUT2D eigenvalue weighted by Crippen LogP contribution is -2.62. The third-order valence-electron chi connectivity index (χ3n) is 5.21. The Kier molecular flexibility index (Phi) is 5.04. The van der Waals surface area contributed by atoms with Gasteiger partial charge in [0.25, 0.3) is 0 Å². The summed E-state index contributed by atoms with van der Waals surface area (Å²) < 4.78 is 5.13. The first-order chi connectivity index (χ1) is 12.6. The molecule has 2 heterocycles. The van der Waals surface area contributed by atoms with Crippen LogP contribution in [0.4, 0.5) is 5.82 Å². The van der Waals surface area contributed by atoms with Gasteiger partial charge in [-0.2, -0.15) is 0 Å². The van der Waals surface area contributed by atoms with Gasteiger partial charge in [-0.1, -0.05) is 0 Å². The quantitative estimate of drug-likeness (QED) is 0.857. The van der Waals surface area contributed by atoms with Gasteiger partial charge in [0.05, 0.1) is 12.8 Å². The molecular weight excluding hydrogens is 340 g/mol. The highest BCUT2D eigenvalue weighted by atomic mass is 16.5. The number of aromatic hydroxyl groups is 1. The first-order valence-electron chi connectivity index (χ1n) is 9.33. The van der Waals surface area contributed by atoms with Crippen LogP contribution < -0.4 is 15.0 Å². The number of anilines is 1. The molecule has 1 aliphatic heterocycles. The molecule has 0 spiro atoms. The zero-order valence-corrected chi connectivity index (χ0v) is 17.1. The predicted octanol–water partition coefficient (Wildman–Crippen LogP) is 3.60. The summed E-state index contributed by atoms with van der Waals surface area (Å²) in [6.45, 7) is 8.98. The number of ether oxygens (including phenoxy) is 1. The fraction of sp³-hybridized carbons (Fsp3) is 0.524. The summed E-state index contributed by atoms with van der Waals surface area (Å²) in [6, 6.07) is 9.42. The largest absolute Gasteiger partial charge is 0.507 e. The second kappa shape index (κ2) is 7.00. The van der Waals surface area contributed by atoms with Crippen LogP contribution in [0.3, 0.4) is 0 Å². The first kappa shape index (κ1) is 19.4. The summed E-state index contributed by atoms with van der Waals surface area (Å²) in [5.41, 5.74) is 1.42. The molecule has 2 aromatic rings. The Hall–Kier alpha value is -2.34. The predicted molar refractivity (Wildman–Crippen MR) is 108 cm³/mol. The second-order valence-electron chi connectivity index (χ2n) is 8.73. The van der Waals surface area contributed by atoms with E-state index in [4.69, 9.17) is 4.74 Å². The smallest absolute Gasteiger partial charge is 0.151 e. The standard InChI is InChI=1S/C21H30N4O2/c1-20(2)12-14(13-21(3,4)24-20)25(5)19-10-9-17(22-23-19)16-8-7-15(27-6)11-18(16)26/h7-11,14,24,26H,12-13H2,1-6H3. The van der Waals surface area contributed by atoms with E-state index in [1.165, 1.54) is 0 Å². The number of piperidine rings is 1. The molecule has 0 aliphatic carbocycles. The van der Waals surface area contributed by atoms with Crippen LogP contribution in [0.5, 0.6) is 11.5 Å². The minimum absolute atomic E-state index is 0.0724. The molecule has 0 atom stereocenters. The molecule has 6 nitrogen and oxygen atoms in total. The zero-order chi connectivity index (χ0) is 19.8. The van der Waals surface area contributed by atoms with E-state index in [9.17, 15) is 5.11 Å². The lowest BCUT2D eigenvalue weighted by Gasteiger charge is -2.49. The highest BCUT2D eigenvalue weighted by Crippen LogP contribution is 2.34. The van der Waals surface area contributed by atoms with E-state index in [0.29, 0.717) is 23.0 Å². The highest BCUT2D eigenvalue weighted by molar-refractivity contribution is 5.68. The highest BCUT2D eigenvalue weighted by Gasteiger charge is 2.39. The van der Waals surface area contributed by atoms with Crippen molar-refractivity contribution in [2.24, 2.45) is 0 Å². The van der Waals surface area contributed by atoms with Gasteiger partial charge in [0.2, 0.25) is 0 Å². The molecule has 0 radical (unpaired) electrons. The summed E-state index contributed by atoms with van der Waals surface area (Å²) >= 11 is 0. The van der Waals surface area contributed by atoms with E-state index in [-0.39, 0.29) is 16.8 Å². The Balaban J connectivity index is 1.81. The van der Waals surface area contributed by atoms with Crippen molar-refractivity contribution < 1.29 is 9.84 Å². The second-order valence-corrected chi connectivity index (χ2v) is 8.73. The molecule has 0 bridgehead atoms. The van der Waals surface area contributed by atoms with E-state index in [2.05, 4.69) is 55.2 Å². The summed E-state index contributed by atoms with van der Waals surface area (Å²) in [4.78, 5) is 2.22. The van der Waals surface area contributed by atoms with Crippen LogP contribution in [0, 0.1) is 0 Å². The van der Waals surface area contributed by atoms with Gasteiger partial charge in [-0.3, -0.25) is 0 Å². The Morgan fingerprint density at radius 3 is 2.26 bits per heavy atom. The van der Waals surface area contributed by atoms with Gasteiger partial charge in [-0.25, -0.2) is 0 Å². The van der Waals surface area contributed by atoms with Crippen molar-refractivity contribution in [2.75, 3.05) is 19.1 Å². The maximum absolute atomic E-state index is 10.2. The van der Waals surface area contributed by atoms with E-state index in [0.717, 1.165) is 18.7 Å². The number of phenolic OH excluding ortho intramolecular Hbond substituents is 1. The molecule has 1 aromatic heterocycles. The average Bonchev–Trinajstić information content (AvgIpc) is 2.58. The van der Waals surface area contributed by atoms with Gasteiger partial charge in [0.1, 0.15) is 11.5 Å². The van der Waals surface area contributed by atoms with Gasteiger partial charge < -0.3 is 20.1 Å². The number of benzene rings is 1. The molecule has 0 unspecified atom stereocenters. The first-order valence-corrected chi connectivity index (χ1v) is 9.33. The van der Waals surface area contributed by atoms with Crippen molar-refractivity contribution >= 4 is 5.82 Å². The Morgan fingerprint density at radius 2 is 1.74 bits per heavy atom. The van der Waals surface area contributed by atoms with Crippen molar-refractivity contribution in [2.45, 2.75) is 57.7 Å².